The van der Waals surface area contributed by atoms with Crippen LogP contribution >= 0.6 is 11.3 Å². The number of hydrogen-bond acceptors (Lipinski definition) is 10. The van der Waals surface area contributed by atoms with Crippen molar-refractivity contribution in [1.82, 2.24) is 30.2 Å². The maximum atomic E-state index is 13.7. The number of aromatic nitrogens is 3. The van der Waals surface area contributed by atoms with Gasteiger partial charge in [-0.3, -0.25) is 29.3 Å². The van der Waals surface area contributed by atoms with Gasteiger partial charge in [0.05, 0.1) is 18.2 Å². The number of amides is 4. The van der Waals surface area contributed by atoms with Gasteiger partial charge in [0.15, 0.2) is 0 Å². The molecule has 229 valence electrons. The van der Waals surface area contributed by atoms with Crippen molar-refractivity contribution in [3.8, 4) is 0 Å². The summed E-state index contributed by atoms with van der Waals surface area (Å²) in [5.74, 6) is 3.78. The van der Waals surface area contributed by atoms with Crippen LogP contribution in [0, 0.1) is 11.8 Å². The molecular weight excluding hydrogens is 574 g/mol. The van der Waals surface area contributed by atoms with Crippen LogP contribution in [0.1, 0.15) is 73.3 Å². The number of imidazole rings is 1. The molecular formula is C29H36N7O6S. The van der Waals surface area contributed by atoms with E-state index in [9.17, 15) is 24.0 Å². The number of ether oxygens (including phenoxy) is 1. The predicted molar refractivity (Wildman–Crippen MR) is 158 cm³/mol. The van der Waals surface area contributed by atoms with E-state index in [1.165, 1.54) is 17.9 Å². The summed E-state index contributed by atoms with van der Waals surface area (Å²) in [6.45, 7) is 7.74. The average Bonchev–Trinajstić information content (AvgIpc) is 3.65. The number of carbonyl (C=O) groups excluding carboxylic acids is 5. The molecule has 2 aromatic heterocycles. The summed E-state index contributed by atoms with van der Waals surface area (Å²) >= 11 is 1.14. The van der Waals surface area contributed by atoms with Crippen LogP contribution in [0.25, 0.3) is 0 Å². The molecule has 1 aromatic carbocycles. The fraction of sp³-hybridized carbons (Fsp3) is 0.414. The Morgan fingerprint density at radius 2 is 1.79 bits per heavy atom. The number of imide groups is 1. The molecule has 0 unspecified atom stereocenters. The zero-order chi connectivity index (χ0) is 31.5. The van der Waals surface area contributed by atoms with Crippen molar-refractivity contribution in [2.24, 2.45) is 17.7 Å². The van der Waals surface area contributed by atoms with Gasteiger partial charge in [0.2, 0.25) is 12.2 Å². The largest absolute Gasteiger partial charge is 0.445 e. The third kappa shape index (κ3) is 9.28. The molecule has 13 nitrogen and oxygen atoms in total. The highest BCUT2D eigenvalue weighted by atomic mass is 32.1. The molecule has 14 heteroatoms. The van der Waals surface area contributed by atoms with Crippen molar-refractivity contribution in [1.29, 1.82) is 0 Å². The molecule has 0 saturated carbocycles. The van der Waals surface area contributed by atoms with Crippen LogP contribution in [0.3, 0.4) is 0 Å². The summed E-state index contributed by atoms with van der Waals surface area (Å²) < 4.78 is 6.40. The number of nitrogens with two attached hydrogens (primary N) is 1. The molecule has 0 saturated heterocycles. The van der Waals surface area contributed by atoms with Crippen LogP contribution in [0.15, 0.2) is 48.2 Å². The second kappa shape index (κ2) is 15.7. The lowest BCUT2D eigenvalue weighted by Crippen LogP contribution is -2.47. The van der Waals surface area contributed by atoms with Gasteiger partial charge < -0.3 is 10.1 Å². The summed E-state index contributed by atoms with van der Waals surface area (Å²) in [5, 5.41) is 4.74. The van der Waals surface area contributed by atoms with Gasteiger partial charge in [0.25, 0.3) is 5.91 Å². The van der Waals surface area contributed by atoms with E-state index in [0.29, 0.717) is 11.4 Å². The highest BCUT2D eigenvalue weighted by molar-refractivity contribution is 7.09. The first-order chi connectivity index (χ1) is 20.5. The lowest BCUT2D eigenvalue weighted by molar-refractivity contribution is -0.129. The first-order valence-corrected chi connectivity index (χ1v) is 14.6. The fourth-order valence-corrected chi connectivity index (χ4v) is 5.15. The quantitative estimate of drug-likeness (QED) is 0.148. The number of carbonyl (C=O) groups is 4. The van der Waals surface area contributed by atoms with E-state index >= 15 is 0 Å². The minimum absolute atomic E-state index is 0.0457. The van der Waals surface area contributed by atoms with Crippen LogP contribution in [-0.2, 0) is 27.4 Å². The molecule has 3 rings (SSSR count). The monoisotopic (exact) mass is 610 g/mol. The van der Waals surface area contributed by atoms with E-state index in [1.807, 2.05) is 69.7 Å². The van der Waals surface area contributed by atoms with Gasteiger partial charge >= 0.3 is 12.1 Å². The van der Waals surface area contributed by atoms with Crippen molar-refractivity contribution >= 4 is 41.6 Å². The number of alkyl carbamates (subject to hydrolysis) is 1. The van der Waals surface area contributed by atoms with E-state index in [1.54, 1.807) is 0 Å². The Morgan fingerprint density at radius 1 is 1.09 bits per heavy atom. The number of hydrazine groups is 1. The number of nitrogens with zero attached hydrogens (tertiary/aromatic N) is 4. The van der Waals surface area contributed by atoms with E-state index in [-0.39, 0.29) is 36.3 Å². The molecule has 0 aliphatic heterocycles. The topological polar surface area (TPSA) is 179 Å². The highest BCUT2D eigenvalue weighted by Gasteiger charge is 2.34. The van der Waals surface area contributed by atoms with Crippen molar-refractivity contribution in [3.05, 3.63) is 70.2 Å². The van der Waals surface area contributed by atoms with E-state index in [2.05, 4.69) is 15.3 Å². The molecule has 0 aliphatic carbocycles. The van der Waals surface area contributed by atoms with E-state index in [4.69, 9.17) is 10.6 Å². The minimum Gasteiger partial charge on any atom is -0.445 e. The number of thiazole rings is 1. The van der Waals surface area contributed by atoms with Crippen molar-refractivity contribution in [3.63, 3.8) is 0 Å². The summed E-state index contributed by atoms with van der Waals surface area (Å²) in [7, 11) is 0. The summed E-state index contributed by atoms with van der Waals surface area (Å²) in [6.07, 6.45) is 3.90. The maximum absolute atomic E-state index is 13.7. The second-order valence-corrected chi connectivity index (χ2v) is 11.6. The van der Waals surface area contributed by atoms with Crippen LogP contribution in [0.4, 0.5) is 9.59 Å². The Hall–Kier alpha value is -4.43. The van der Waals surface area contributed by atoms with Crippen molar-refractivity contribution < 1.29 is 28.7 Å². The van der Waals surface area contributed by atoms with Crippen LogP contribution in [0.5, 0.6) is 0 Å². The summed E-state index contributed by atoms with van der Waals surface area (Å²) in [6, 6.07) is 6.76. The molecule has 4 N–H and O–H groups in total. The number of rotatable bonds is 13. The fourth-order valence-electron chi connectivity index (χ4n) is 4.30. The Bertz CT molecular complexity index is 1400. The normalized spacial score (nSPS) is 12.4. The zero-order valence-electron chi connectivity index (χ0n) is 24.5. The number of hydrogen-bond donors (Lipinski definition) is 3. The Labute approximate surface area is 253 Å². The van der Waals surface area contributed by atoms with Crippen molar-refractivity contribution in [2.45, 2.75) is 65.6 Å². The van der Waals surface area contributed by atoms with Gasteiger partial charge in [-0.15, -0.1) is 11.3 Å². The number of benzene rings is 1. The standard InChI is InChI=1S/C29H36N7O6S/c1-18(2)10-22(14-37)36(25(38)12-21-13-31-17-35(21)28(40)34-30)27(39)24-16-43-26(32-24)23(11-19(3)4)33-29(41)42-15-20-8-6-5-7-9-20/h5-9,13,16-19,22-23H,10-12,15,30H2,1-4H3,(H,33,41)(H,34,40)/t22-,23-/m0/s1. The molecule has 0 aliphatic rings. The third-order valence-electron chi connectivity index (χ3n) is 6.27. The predicted octanol–water partition coefficient (Wildman–Crippen LogP) is 3.52. The molecule has 2 heterocycles. The lowest BCUT2D eigenvalue weighted by Gasteiger charge is -2.26. The van der Waals surface area contributed by atoms with Gasteiger partial charge in [-0.05, 0) is 30.2 Å². The lowest BCUT2D eigenvalue weighted by atomic mass is 10.0. The second-order valence-electron chi connectivity index (χ2n) is 10.7. The minimum atomic E-state index is -1.19. The first kappa shape index (κ1) is 33.1. The molecule has 0 spiro atoms. The zero-order valence-corrected chi connectivity index (χ0v) is 25.3. The third-order valence-corrected chi connectivity index (χ3v) is 7.23. The molecule has 1 radical (unpaired) electrons. The summed E-state index contributed by atoms with van der Waals surface area (Å²) in [5.41, 5.74) is 2.88. The molecule has 43 heavy (non-hydrogen) atoms. The molecule has 0 bridgehead atoms. The van der Waals surface area contributed by atoms with E-state index in [0.717, 1.165) is 26.4 Å². The van der Waals surface area contributed by atoms with Crippen molar-refractivity contribution in [2.75, 3.05) is 0 Å². The molecule has 2 atom stereocenters. The maximum Gasteiger partial charge on any atom is 0.408 e. The molecule has 0 fully saturated rings. The smallest absolute Gasteiger partial charge is 0.408 e. The summed E-state index contributed by atoms with van der Waals surface area (Å²) in [4.78, 5) is 73.1. The van der Waals surface area contributed by atoms with Crippen LogP contribution in [0.2, 0.25) is 0 Å². The Balaban J connectivity index is 1.84. The number of nitrogen functional groups attached to an aromatic ring is 1. The van der Waals surface area contributed by atoms with Gasteiger partial charge in [-0.1, -0.05) is 58.0 Å². The Kier molecular flexibility index (Phi) is 12.1. The SMILES string of the molecule is CC(C)C[C@H](NC(=O)OCc1ccccc1)c1nc(C(=O)N(C(=O)Cc2cncn2C(=O)NN)[C@H]([C]=O)CC(C)C)cs1. The number of nitrogens with one attached hydrogen (secondary N) is 2. The van der Waals surface area contributed by atoms with Crippen LogP contribution < -0.4 is 16.6 Å². The molecule has 4 amide bonds. The van der Waals surface area contributed by atoms with Gasteiger partial charge in [-0.25, -0.2) is 25.4 Å². The molecule has 3 aromatic rings. The van der Waals surface area contributed by atoms with Gasteiger partial charge in [0.1, 0.15) is 29.7 Å². The first-order valence-electron chi connectivity index (χ1n) is 13.7. The van der Waals surface area contributed by atoms with Gasteiger partial charge in [-0.2, -0.15) is 0 Å². The average molecular weight is 611 g/mol. The highest BCUT2D eigenvalue weighted by Crippen LogP contribution is 2.26. The van der Waals surface area contributed by atoms with Crippen LogP contribution in [-0.4, -0.2) is 55.7 Å². The van der Waals surface area contributed by atoms with Gasteiger partial charge in [0, 0.05) is 11.6 Å². The van der Waals surface area contributed by atoms with E-state index < -0.39 is 42.4 Å². The Morgan fingerprint density at radius 3 is 2.42 bits per heavy atom.